The summed E-state index contributed by atoms with van der Waals surface area (Å²) >= 11 is 0. The van der Waals surface area contributed by atoms with Crippen LogP contribution in [0, 0.1) is 11.3 Å². The van der Waals surface area contributed by atoms with E-state index < -0.39 is 18.3 Å². The fourth-order valence-electron chi connectivity index (χ4n) is 3.32. The zero-order valence-corrected chi connectivity index (χ0v) is 16.5. The summed E-state index contributed by atoms with van der Waals surface area (Å²) in [6, 6.07) is 7.61. The molecule has 142 valence electrons. The lowest BCUT2D eigenvalue weighted by molar-refractivity contribution is -0.143. The summed E-state index contributed by atoms with van der Waals surface area (Å²) < 4.78 is 17.6. The van der Waals surface area contributed by atoms with Crippen molar-refractivity contribution in [3.63, 3.8) is 0 Å². The second-order valence-corrected chi connectivity index (χ2v) is 7.86. The number of esters is 1. The minimum absolute atomic E-state index is 0.133. The highest BCUT2D eigenvalue weighted by Crippen LogP contribution is 2.43. The third kappa shape index (κ3) is 3.60. The second kappa shape index (κ2) is 7.03. The number of carbonyl (C=O) groups excluding carboxylic acids is 1. The molecular weight excluding hydrogens is 343 g/mol. The number of aromatic nitrogens is 1. The predicted molar refractivity (Wildman–Crippen MR) is 103 cm³/mol. The minimum Gasteiger partial charge on any atom is -0.466 e. The first-order chi connectivity index (χ1) is 12.7. The van der Waals surface area contributed by atoms with Gasteiger partial charge < -0.3 is 19.0 Å². The van der Waals surface area contributed by atoms with Crippen LogP contribution in [0.1, 0.15) is 58.0 Å². The summed E-state index contributed by atoms with van der Waals surface area (Å²) in [5, 5.41) is 10.1. The molecule has 1 aromatic heterocycles. The maximum Gasteiger partial charge on any atom is 0.466 e. The van der Waals surface area contributed by atoms with E-state index in [0.717, 1.165) is 16.5 Å². The third-order valence-electron chi connectivity index (χ3n) is 5.53. The predicted octanol–water partition coefficient (Wildman–Crippen LogP) is 3.71. The molecule has 1 saturated heterocycles. The van der Waals surface area contributed by atoms with Crippen LogP contribution in [-0.4, -0.2) is 35.9 Å². The van der Waals surface area contributed by atoms with Gasteiger partial charge in [-0.15, -0.1) is 0 Å². The number of hydrogen-bond acceptors (Lipinski definition) is 5. The van der Waals surface area contributed by atoms with Gasteiger partial charge in [-0.05, 0) is 58.4 Å². The number of rotatable bonds is 5. The average molecular weight is 368 g/mol. The van der Waals surface area contributed by atoms with Gasteiger partial charge in [0.1, 0.15) is 0 Å². The molecule has 2 heterocycles. The minimum atomic E-state index is -0.593. The SMILES string of the molecule is CCOC(=O)CC(B1OC(C)(C)C(C)(C)O1)c1c[nH]c2ccc(C#N)cc12. The first kappa shape index (κ1) is 19.5. The number of ether oxygens (including phenoxy) is 1. The fraction of sp³-hybridized carbons (Fsp3) is 0.500. The molecule has 6 nitrogen and oxygen atoms in total. The van der Waals surface area contributed by atoms with E-state index in [2.05, 4.69) is 11.1 Å². The lowest BCUT2D eigenvalue weighted by Crippen LogP contribution is -2.41. The number of benzene rings is 1. The standard InChI is InChI=1S/C20H25BN2O4/c1-6-25-18(24)10-16(21-26-19(2,3)20(4,5)27-21)15-12-23-17-8-7-13(11-22)9-14(15)17/h7-9,12,16,23H,6,10H2,1-5H3. The van der Waals surface area contributed by atoms with Gasteiger partial charge in [-0.1, -0.05) is 0 Å². The maximum atomic E-state index is 12.3. The van der Waals surface area contributed by atoms with E-state index in [1.54, 1.807) is 13.0 Å². The van der Waals surface area contributed by atoms with Crippen molar-refractivity contribution in [3.05, 3.63) is 35.5 Å². The van der Waals surface area contributed by atoms with E-state index in [4.69, 9.17) is 14.0 Å². The smallest absolute Gasteiger partial charge is 0.466 e. The highest BCUT2D eigenvalue weighted by Gasteiger charge is 2.54. The van der Waals surface area contributed by atoms with Gasteiger partial charge in [0.2, 0.25) is 0 Å². The number of nitrogens with one attached hydrogen (secondary N) is 1. The highest BCUT2D eigenvalue weighted by atomic mass is 16.7. The molecule has 1 aliphatic rings. The van der Waals surface area contributed by atoms with Crippen LogP contribution >= 0.6 is 0 Å². The van der Waals surface area contributed by atoms with Crippen LogP contribution in [0.2, 0.25) is 0 Å². The Morgan fingerprint density at radius 1 is 1.30 bits per heavy atom. The third-order valence-corrected chi connectivity index (χ3v) is 5.53. The van der Waals surface area contributed by atoms with Crippen molar-refractivity contribution >= 4 is 24.0 Å². The van der Waals surface area contributed by atoms with Crippen molar-refractivity contribution in [2.75, 3.05) is 6.61 Å². The Bertz CT molecular complexity index is 881. The number of nitrogens with zero attached hydrogens (tertiary/aromatic N) is 1. The van der Waals surface area contributed by atoms with E-state index in [0.29, 0.717) is 12.2 Å². The van der Waals surface area contributed by atoms with Crippen LogP contribution in [0.3, 0.4) is 0 Å². The maximum absolute atomic E-state index is 12.3. The van der Waals surface area contributed by atoms with E-state index >= 15 is 0 Å². The van der Waals surface area contributed by atoms with Crippen LogP contribution in [0.4, 0.5) is 0 Å². The zero-order valence-electron chi connectivity index (χ0n) is 16.5. The van der Waals surface area contributed by atoms with Crippen LogP contribution in [0.15, 0.2) is 24.4 Å². The lowest BCUT2D eigenvalue weighted by Gasteiger charge is -2.32. The largest absolute Gasteiger partial charge is 0.466 e. The van der Waals surface area contributed by atoms with Crippen LogP contribution in [0.25, 0.3) is 10.9 Å². The molecule has 0 bridgehead atoms. The Morgan fingerprint density at radius 2 is 1.96 bits per heavy atom. The molecule has 1 atom stereocenters. The molecule has 3 rings (SSSR count). The van der Waals surface area contributed by atoms with Gasteiger partial charge in [0.15, 0.2) is 0 Å². The lowest BCUT2D eigenvalue weighted by atomic mass is 9.66. The van der Waals surface area contributed by atoms with E-state index in [1.807, 2.05) is 46.0 Å². The summed E-state index contributed by atoms with van der Waals surface area (Å²) in [6.45, 7) is 10.0. The van der Waals surface area contributed by atoms with Gasteiger partial charge in [-0.2, -0.15) is 5.26 Å². The average Bonchev–Trinajstić information content (AvgIpc) is 3.10. The number of nitriles is 1. The van der Waals surface area contributed by atoms with Crippen LogP contribution < -0.4 is 0 Å². The topological polar surface area (TPSA) is 84.3 Å². The molecule has 0 radical (unpaired) electrons. The molecule has 0 aliphatic carbocycles. The van der Waals surface area contributed by atoms with Crippen molar-refractivity contribution < 1.29 is 18.8 Å². The Kier molecular flexibility index (Phi) is 5.07. The van der Waals surface area contributed by atoms with Gasteiger partial charge in [0, 0.05) is 22.9 Å². The van der Waals surface area contributed by atoms with Gasteiger partial charge >= 0.3 is 13.1 Å². The van der Waals surface area contributed by atoms with Gasteiger partial charge in [-0.3, -0.25) is 4.79 Å². The van der Waals surface area contributed by atoms with Crippen molar-refractivity contribution in [2.24, 2.45) is 0 Å². The summed E-state index contributed by atoms with van der Waals surface area (Å²) in [4.78, 5) is 15.5. The normalized spacial score (nSPS) is 19.0. The Hall–Kier alpha value is -2.30. The van der Waals surface area contributed by atoms with E-state index in [9.17, 15) is 10.1 Å². The van der Waals surface area contributed by atoms with E-state index in [1.165, 1.54) is 0 Å². The van der Waals surface area contributed by atoms with Crippen molar-refractivity contribution in [1.29, 1.82) is 5.26 Å². The number of hydrogen-bond donors (Lipinski definition) is 1. The first-order valence-electron chi connectivity index (χ1n) is 9.21. The summed E-state index contributed by atoms with van der Waals surface area (Å²) in [6.07, 6.45) is 2.00. The van der Waals surface area contributed by atoms with Gasteiger partial charge in [0.05, 0.1) is 35.9 Å². The highest BCUT2D eigenvalue weighted by molar-refractivity contribution is 6.48. The zero-order chi connectivity index (χ0) is 19.8. The first-order valence-corrected chi connectivity index (χ1v) is 9.21. The molecular formula is C20H25BN2O4. The van der Waals surface area contributed by atoms with Crippen LogP contribution in [-0.2, 0) is 18.8 Å². The molecule has 1 N–H and O–H groups in total. The molecule has 27 heavy (non-hydrogen) atoms. The van der Waals surface area contributed by atoms with E-state index in [-0.39, 0.29) is 18.2 Å². The molecule has 0 spiro atoms. The van der Waals surface area contributed by atoms with Gasteiger partial charge in [0.25, 0.3) is 0 Å². The Labute approximate surface area is 159 Å². The molecule has 2 aromatic rings. The number of aromatic amines is 1. The molecule has 7 heteroatoms. The summed E-state index contributed by atoms with van der Waals surface area (Å²) in [5.41, 5.74) is 1.33. The Balaban J connectivity index is 2.03. The van der Waals surface area contributed by atoms with Crippen molar-refractivity contribution in [2.45, 2.75) is 58.1 Å². The fourth-order valence-corrected chi connectivity index (χ4v) is 3.32. The van der Waals surface area contributed by atoms with Crippen molar-refractivity contribution in [3.8, 4) is 6.07 Å². The quantitative estimate of drug-likeness (QED) is 0.643. The number of fused-ring (bicyclic) bond motifs is 1. The molecule has 1 unspecified atom stereocenters. The molecule has 1 fully saturated rings. The summed E-state index contributed by atoms with van der Waals surface area (Å²) in [7, 11) is -0.593. The number of carbonyl (C=O) groups is 1. The van der Waals surface area contributed by atoms with Gasteiger partial charge in [-0.25, -0.2) is 0 Å². The monoisotopic (exact) mass is 368 g/mol. The Morgan fingerprint density at radius 3 is 2.56 bits per heavy atom. The molecule has 0 saturated carbocycles. The molecule has 1 aromatic carbocycles. The number of H-pyrrole nitrogens is 1. The van der Waals surface area contributed by atoms with Crippen molar-refractivity contribution in [1.82, 2.24) is 4.98 Å². The molecule has 0 amide bonds. The second-order valence-electron chi connectivity index (χ2n) is 7.86. The molecule has 1 aliphatic heterocycles. The van der Waals surface area contributed by atoms with Crippen LogP contribution in [0.5, 0.6) is 0 Å². The summed E-state index contributed by atoms with van der Waals surface area (Å²) in [5.74, 6) is -0.657.